The van der Waals surface area contributed by atoms with E-state index in [2.05, 4.69) is 10.6 Å². The smallest absolute Gasteiger partial charge is 0.303 e. The summed E-state index contributed by atoms with van der Waals surface area (Å²) >= 11 is 0. The second kappa shape index (κ2) is 3.86. The van der Waals surface area contributed by atoms with E-state index in [4.69, 9.17) is 5.11 Å². The van der Waals surface area contributed by atoms with Gasteiger partial charge in [-0.05, 0) is 31.4 Å². The third kappa shape index (κ3) is 1.97. The maximum atomic E-state index is 10.6. The van der Waals surface area contributed by atoms with E-state index in [-0.39, 0.29) is 12.3 Å². The lowest BCUT2D eigenvalue weighted by Crippen LogP contribution is -2.04. The molecule has 1 atom stereocenters. The average molecular weight is 195 g/mol. The number of hydrogen-bond acceptors (Lipinski definition) is 1. The summed E-state index contributed by atoms with van der Waals surface area (Å²) in [4.78, 5) is 10.6. The van der Waals surface area contributed by atoms with Gasteiger partial charge >= 0.3 is 5.97 Å². The van der Waals surface area contributed by atoms with Gasteiger partial charge in [0, 0.05) is 18.4 Å². The fraction of sp³-hybridized carbons (Fsp3) is 0.545. The Balaban J connectivity index is 2.95. The highest BCUT2D eigenvalue weighted by molar-refractivity contribution is 5.68. The fourth-order valence-electron chi connectivity index (χ4n) is 1.76. The van der Waals surface area contributed by atoms with Crippen molar-refractivity contribution in [2.24, 2.45) is 7.05 Å². The largest absolute Gasteiger partial charge is 0.481 e. The SMILES string of the molecule is Cc1cc(C(C)CC(=O)O)c(C)n1C. The van der Waals surface area contributed by atoms with E-state index >= 15 is 0 Å². The van der Waals surface area contributed by atoms with Crippen LogP contribution < -0.4 is 0 Å². The molecule has 0 saturated heterocycles. The molecule has 3 heteroatoms. The van der Waals surface area contributed by atoms with Gasteiger partial charge in [0.15, 0.2) is 0 Å². The van der Waals surface area contributed by atoms with Crippen LogP contribution in [0.4, 0.5) is 0 Å². The lowest BCUT2D eigenvalue weighted by Gasteiger charge is -2.08. The van der Waals surface area contributed by atoms with Crippen molar-refractivity contribution >= 4 is 5.97 Å². The molecule has 1 rings (SSSR count). The van der Waals surface area contributed by atoms with Crippen LogP contribution >= 0.6 is 0 Å². The molecular formula is C11H17NO2. The molecule has 0 aliphatic rings. The van der Waals surface area contributed by atoms with Crippen LogP contribution in [0, 0.1) is 13.8 Å². The van der Waals surface area contributed by atoms with Gasteiger partial charge in [-0.15, -0.1) is 0 Å². The lowest BCUT2D eigenvalue weighted by atomic mass is 9.98. The quantitative estimate of drug-likeness (QED) is 0.803. The van der Waals surface area contributed by atoms with Gasteiger partial charge in [0.25, 0.3) is 0 Å². The molecule has 0 fully saturated rings. The van der Waals surface area contributed by atoms with Crippen LogP contribution in [0.25, 0.3) is 0 Å². The summed E-state index contributed by atoms with van der Waals surface area (Å²) in [7, 11) is 2.00. The van der Waals surface area contributed by atoms with E-state index in [9.17, 15) is 4.79 Å². The zero-order valence-corrected chi connectivity index (χ0v) is 9.16. The number of carboxylic acids is 1. The molecule has 0 aliphatic heterocycles. The van der Waals surface area contributed by atoms with Crippen molar-refractivity contribution in [1.82, 2.24) is 4.57 Å². The molecule has 0 spiro atoms. The van der Waals surface area contributed by atoms with Crippen LogP contribution in [0.5, 0.6) is 0 Å². The minimum atomic E-state index is -0.738. The van der Waals surface area contributed by atoms with Gasteiger partial charge in [-0.1, -0.05) is 6.92 Å². The maximum Gasteiger partial charge on any atom is 0.303 e. The fourth-order valence-corrected chi connectivity index (χ4v) is 1.76. The summed E-state index contributed by atoms with van der Waals surface area (Å²) < 4.78 is 2.09. The lowest BCUT2D eigenvalue weighted by molar-refractivity contribution is -0.137. The number of aryl methyl sites for hydroxylation is 1. The third-order valence-electron chi connectivity index (χ3n) is 2.83. The Morgan fingerprint density at radius 2 is 2.14 bits per heavy atom. The predicted octanol–water partition coefficient (Wildman–Crippen LogP) is 2.22. The molecule has 14 heavy (non-hydrogen) atoms. The highest BCUT2D eigenvalue weighted by Crippen LogP contribution is 2.24. The van der Waals surface area contributed by atoms with Crippen LogP contribution in [0.2, 0.25) is 0 Å². The molecule has 0 aromatic carbocycles. The molecule has 0 saturated carbocycles. The summed E-state index contributed by atoms with van der Waals surface area (Å²) in [5, 5.41) is 8.71. The van der Waals surface area contributed by atoms with Crippen LogP contribution in [0.1, 0.15) is 36.2 Å². The maximum absolute atomic E-state index is 10.6. The Kier molecular flexibility index (Phi) is 2.99. The molecule has 0 bridgehead atoms. The summed E-state index contributed by atoms with van der Waals surface area (Å²) in [5.74, 6) is -0.647. The third-order valence-corrected chi connectivity index (χ3v) is 2.83. The van der Waals surface area contributed by atoms with Gasteiger partial charge in [0.1, 0.15) is 0 Å². The normalized spacial score (nSPS) is 12.9. The second-order valence-electron chi connectivity index (χ2n) is 3.88. The zero-order chi connectivity index (χ0) is 10.9. The first-order valence-corrected chi connectivity index (χ1v) is 4.78. The van der Waals surface area contributed by atoms with E-state index in [0.29, 0.717) is 0 Å². The van der Waals surface area contributed by atoms with Crippen molar-refractivity contribution in [2.75, 3.05) is 0 Å². The molecule has 1 aromatic rings. The highest BCUT2D eigenvalue weighted by atomic mass is 16.4. The molecule has 1 N–H and O–H groups in total. The van der Waals surface area contributed by atoms with E-state index in [1.807, 2.05) is 27.8 Å². The molecule has 1 heterocycles. The van der Waals surface area contributed by atoms with Crippen molar-refractivity contribution in [2.45, 2.75) is 33.1 Å². The van der Waals surface area contributed by atoms with Crippen LogP contribution in [0.3, 0.4) is 0 Å². The number of rotatable bonds is 3. The molecule has 1 aromatic heterocycles. The number of aliphatic carboxylic acids is 1. The Morgan fingerprint density at radius 1 is 1.57 bits per heavy atom. The first kappa shape index (κ1) is 10.8. The van der Waals surface area contributed by atoms with Gasteiger partial charge in [0.05, 0.1) is 6.42 Å². The molecular weight excluding hydrogens is 178 g/mol. The summed E-state index contributed by atoms with van der Waals surface area (Å²) in [6.45, 7) is 6.01. The molecule has 78 valence electrons. The Hall–Kier alpha value is -1.25. The Bertz CT molecular complexity index is 352. The number of carboxylic acid groups (broad SMARTS) is 1. The first-order valence-electron chi connectivity index (χ1n) is 4.78. The molecule has 0 aliphatic carbocycles. The van der Waals surface area contributed by atoms with Crippen molar-refractivity contribution in [1.29, 1.82) is 0 Å². The number of carbonyl (C=O) groups is 1. The Morgan fingerprint density at radius 3 is 2.50 bits per heavy atom. The minimum Gasteiger partial charge on any atom is -0.481 e. The monoisotopic (exact) mass is 195 g/mol. The van der Waals surface area contributed by atoms with E-state index < -0.39 is 5.97 Å². The van der Waals surface area contributed by atoms with Gasteiger partial charge in [0.2, 0.25) is 0 Å². The first-order chi connectivity index (χ1) is 6.43. The molecule has 3 nitrogen and oxygen atoms in total. The van der Waals surface area contributed by atoms with E-state index in [1.165, 1.54) is 5.69 Å². The predicted molar refractivity (Wildman–Crippen MR) is 55.6 cm³/mol. The van der Waals surface area contributed by atoms with Crippen molar-refractivity contribution in [3.63, 3.8) is 0 Å². The van der Waals surface area contributed by atoms with Gasteiger partial charge in [-0.25, -0.2) is 0 Å². The second-order valence-corrected chi connectivity index (χ2v) is 3.88. The summed E-state index contributed by atoms with van der Waals surface area (Å²) in [6.07, 6.45) is 0.199. The van der Waals surface area contributed by atoms with E-state index in [1.54, 1.807) is 0 Å². The zero-order valence-electron chi connectivity index (χ0n) is 9.16. The number of aromatic nitrogens is 1. The summed E-state index contributed by atoms with van der Waals surface area (Å²) in [6, 6.07) is 2.07. The molecule has 0 amide bonds. The van der Waals surface area contributed by atoms with Crippen molar-refractivity contribution in [3.8, 4) is 0 Å². The van der Waals surface area contributed by atoms with Crippen LogP contribution in [0.15, 0.2) is 6.07 Å². The number of nitrogens with zero attached hydrogens (tertiary/aromatic N) is 1. The van der Waals surface area contributed by atoms with E-state index in [0.717, 1.165) is 11.3 Å². The van der Waals surface area contributed by atoms with Gasteiger partial charge < -0.3 is 9.67 Å². The van der Waals surface area contributed by atoms with Gasteiger partial charge in [-0.2, -0.15) is 0 Å². The minimum absolute atomic E-state index is 0.0902. The molecule has 0 radical (unpaired) electrons. The number of hydrogen-bond donors (Lipinski definition) is 1. The molecule has 1 unspecified atom stereocenters. The van der Waals surface area contributed by atoms with Gasteiger partial charge in [-0.3, -0.25) is 4.79 Å². The average Bonchev–Trinajstić information content (AvgIpc) is 2.32. The summed E-state index contributed by atoms with van der Waals surface area (Å²) in [5.41, 5.74) is 3.48. The topological polar surface area (TPSA) is 42.2 Å². The standard InChI is InChI=1S/C11H17NO2/c1-7(5-11(13)14)10-6-8(2)12(4)9(10)3/h6-7H,5H2,1-4H3,(H,13,14). The van der Waals surface area contributed by atoms with Crippen molar-refractivity contribution < 1.29 is 9.90 Å². The van der Waals surface area contributed by atoms with Crippen LogP contribution in [-0.4, -0.2) is 15.6 Å². The Labute approximate surface area is 84.4 Å². The van der Waals surface area contributed by atoms with Crippen molar-refractivity contribution in [3.05, 3.63) is 23.0 Å². The van der Waals surface area contributed by atoms with Crippen LogP contribution in [-0.2, 0) is 11.8 Å². The highest BCUT2D eigenvalue weighted by Gasteiger charge is 2.15.